The quantitative estimate of drug-likeness (QED) is 0.690. The second kappa shape index (κ2) is 4.51. The van der Waals surface area contributed by atoms with E-state index in [1.165, 1.54) is 32.1 Å². The molecule has 2 aliphatic rings. The number of imidazole rings is 1. The van der Waals surface area contributed by atoms with E-state index in [4.69, 9.17) is 0 Å². The third kappa shape index (κ3) is 1.96. The van der Waals surface area contributed by atoms with Crippen molar-refractivity contribution in [2.24, 2.45) is 5.92 Å². The first-order chi connectivity index (χ1) is 8.36. The Morgan fingerprint density at radius 3 is 2.82 bits per heavy atom. The molecule has 1 aromatic heterocycles. The summed E-state index contributed by atoms with van der Waals surface area (Å²) in [6.45, 7) is 0.915. The number of nitrogens with zero attached hydrogens (tertiary/aromatic N) is 3. The van der Waals surface area contributed by atoms with Crippen molar-refractivity contribution in [2.45, 2.75) is 44.6 Å². The van der Waals surface area contributed by atoms with Crippen LogP contribution in [0, 0.1) is 5.92 Å². The summed E-state index contributed by atoms with van der Waals surface area (Å²) in [5.41, 5.74) is 0. The zero-order valence-electron chi connectivity index (χ0n) is 10.1. The van der Waals surface area contributed by atoms with Crippen molar-refractivity contribution in [2.75, 3.05) is 6.54 Å². The molecule has 1 aliphatic heterocycles. The SMILES string of the molecule is O=C(N1CCCC2CCCCC21)n1ccnc1. The highest BCUT2D eigenvalue weighted by Gasteiger charge is 2.35. The predicted molar refractivity (Wildman–Crippen MR) is 64.7 cm³/mol. The Bertz CT molecular complexity index is 385. The number of carbonyl (C=O) groups is 1. The van der Waals surface area contributed by atoms with E-state index < -0.39 is 0 Å². The first-order valence-corrected chi connectivity index (χ1v) is 6.65. The molecule has 1 amide bonds. The lowest BCUT2D eigenvalue weighted by molar-refractivity contribution is 0.0849. The average molecular weight is 233 g/mol. The largest absolute Gasteiger partial charge is 0.329 e. The van der Waals surface area contributed by atoms with Gasteiger partial charge in [-0.05, 0) is 31.6 Å². The summed E-state index contributed by atoms with van der Waals surface area (Å²) < 4.78 is 1.61. The van der Waals surface area contributed by atoms with Crippen LogP contribution in [-0.4, -0.2) is 33.1 Å². The monoisotopic (exact) mass is 233 g/mol. The van der Waals surface area contributed by atoms with Crippen molar-refractivity contribution >= 4 is 6.03 Å². The van der Waals surface area contributed by atoms with E-state index in [0.29, 0.717) is 6.04 Å². The molecule has 2 heterocycles. The lowest BCUT2D eigenvalue weighted by Gasteiger charge is -2.43. The Hall–Kier alpha value is -1.32. The number of piperidine rings is 1. The maximum atomic E-state index is 12.4. The molecule has 3 rings (SSSR count). The lowest BCUT2D eigenvalue weighted by Crippen LogP contribution is -2.50. The van der Waals surface area contributed by atoms with E-state index in [1.807, 2.05) is 0 Å². The van der Waals surface area contributed by atoms with Crippen LogP contribution in [0.2, 0.25) is 0 Å². The summed E-state index contributed by atoms with van der Waals surface area (Å²) in [5.74, 6) is 0.741. The number of rotatable bonds is 0. The molecule has 2 atom stereocenters. The summed E-state index contributed by atoms with van der Waals surface area (Å²) >= 11 is 0. The van der Waals surface area contributed by atoms with Crippen LogP contribution in [0.3, 0.4) is 0 Å². The minimum absolute atomic E-state index is 0.110. The molecule has 1 saturated heterocycles. The van der Waals surface area contributed by atoms with Gasteiger partial charge in [0.1, 0.15) is 6.33 Å². The molecule has 17 heavy (non-hydrogen) atoms. The van der Waals surface area contributed by atoms with E-state index >= 15 is 0 Å². The summed E-state index contributed by atoms with van der Waals surface area (Å²) in [6, 6.07) is 0.589. The molecule has 92 valence electrons. The number of fused-ring (bicyclic) bond motifs is 1. The number of hydrogen-bond donors (Lipinski definition) is 0. The molecule has 0 radical (unpaired) electrons. The van der Waals surface area contributed by atoms with Crippen molar-refractivity contribution < 1.29 is 4.79 Å². The normalized spacial score (nSPS) is 28.8. The molecule has 2 unspecified atom stereocenters. The zero-order valence-corrected chi connectivity index (χ0v) is 10.1. The van der Waals surface area contributed by atoms with Crippen LogP contribution in [0.15, 0.2) is 18.7 Å². The van der Waals surface area contributed by atoms with Gasteiger partial charge in [0.05, 0.1) is 0 Å². The molecule has 2 fully saturated rings. The van der Waals surface area contributed by atoms with Crippen LogP contribution in [-0.2, 0) is 0 Å². The fourth-order valence-electron chi connectivity index (χ4n) is 3.38. The second-order valence-electron chi connectivity index (χ2n) is 5.20. The number of amides is 1. The lowest BCUT2D eigenvalue weighted by atomic mass is 9.78. The van der Waals surface area contributed by atoms with E-state index in [2.05, 4.69) is 9.88 Å². The number of carbonyl (C=O) groups excluding carboxylic acids is 1. The Labute approximate surface area is 102 Å². The van der Waals surface area contributed by atoms with E-state index in [-0.39, 0.29) is 6.03 Å². The van der Waals surface area contributed by atoms with Gasteiger partial charge < -0.3 is 4.90 Å². The average Bonchev–Trinajstić information content (AvgIpc) is 2.91. The number of hydrogen-bond acceptors (Lipinski definition) is 2. The Kier molecular flexibility index (Phi) is 2.87. The summed E-state index contributed by atoms with van der Waals surface area (Å²) in [7, 11) is 0. The van der Waals surface area contributed by atoms with E-state index in [0.717, 1.165) is 18.9 Å². The van der Waals surface area contributed by atoms with Gasteiger partial charge in [0, 0.05) is 25.0 Å². The maximum absolute atomic E-state index is 12.4. The maximum Gasteiger partial charge on any atom is 0.329 e. The highest BCUT2D eigenvalue weighted by atomic mass is 16.2. The van der Waals surface area contributed by atoms with Crippen LogP contribution in [0.4, 0.5) is 4.79 Å². The first-order valence-electron chi connectivity index (χ1n) is 6.65. The zero-order chi connectivity index (χ0) is 11.7. The summed E-state index contributed by atoms with van der Waals surface area (Å²) in [4.78, 5) is 18.4. The first kappa shape index (κ1) is 10.8. The standard InChI is InChI=1S/C13H19N3O/c17-13(15-9-7-14-10-15)16-8-3-5-11-4-1-2-6-12(11)16/h7,9-12H,1-6,8H2. The Balaban J connectivity index is 1.79. The van der Waals surface area contributed by atoms with Crippen molar-refractivity contribution in [1.82, 2.24) is 14.5 Å². The van der Waals surface area contributed by atoms with Crippen LogP contribution >= 0.6 is 0 Å². The van der Waals surface area contributed by atoms with Crippen LogP contribution in [0.25, 0.3) is 0 Å². The molecule has 1 saturated carbocycles. The molecule has 1 aromatic rings. The Morgan fingerprint density at radius 2 is 2.00 bits per heavy atom. The fraction of sp³-hybridized carbons (Fsp3) is 0.692. The minimum atomic E-state index is 0.110. The molecule has 0 bridgehead atoms. The minimum Gasteiger partial charge on any atom is -0.321 e. The van der Waals surface area contributed by atoms with Gasteiger partial charge in [-0.1, -0.05) is 12.8 Å². The van der Waals surface area contributed by atoms with Crippen LogP contribution in [0.5, 0.6) is 0 Å². The van der Waals surface area contributed by atoms with Gasteiger partial charge in [0.25, 0.3) is 0 Å². The molecule has 0 N–H and O–H groups in total. The third-order valence-corrected chi connectivity index (χ3v) is 4.21. The van der Waals surface area contributed by atoms with Gasteiger partial charge in [-0.15, -0.1) is 0 Å². The molecule has 4 nitrogen and oxygen atoms in total. The molecular formula is C13H19N3O. The van der Waals surface area contributed by atoms with Crippen molar-refractivity contribution in [3.63, 3.8) is 0 Å². The molecule has 4 heteroatoms. The topological polar surface area (TPSA) is 38.1 Å². The highest BCUT2D eigenvalue weighted by molar-refractivity contribution is 5.77. The van der Waals surface area contributed by atoms with Gasteiger partial charge in [0.15, 0.2) is 0 Å². The molecule has 1 aliphatic carbocycles. The van der Waals surface area contributed by atoms with Crippen molar-refractivity contribution in [3.05, 3.63) is 18.7 Å². The van der Waals surface area contributed by atoms with Gasteiger partial charge in [-0.2, -0.15) is 0 Å². The molecule has 0 spiro atoms. The van der Waals surface area contributed by atoms with Gasteiger partial charge in [-0.25, -0.2) is 9.78 Å². The highest BCUT2D eigenvalue weighted by Crippen LogP contribution is 2.35. The molecule has 0 aromatic carbocycles. The predicted octanol–water partition coefficient (Wildman–Crippen LogP) is 2.51. The van der Waals surface area contributed by atoms with Crippen molar-refractivity contribution in [1.29, 1.82) is 0 Å². The molecular weight excluding hydrogens is 214 g/mol. The second-order valence-corrected chi connectivity index (χ2v) is 5.20. The van der Waals surface area contributed by atoms with Gasteiger partial charge >= 0.3 is 6.03 Å². The summed E-state index contributed by atoms with van der Waals surface area (Å²) in [5, 5.41) is 0. The van der Waals surface area contributed by atoms with Crippen LogP contribution in [0.1, 0.15) is 38.5 Å². The fourth-order valence-corrected chi connectivity index (χ4v) is 3.38. The summed E-state index contributed by atoms with van der Waals surface area (Å²) in [6.07, 6.45) is 12.6. The third-order valence-electron chi connectivity index (χ3n) is 4.21. The van der Waals surface area contributed by atoms with E-state index in [1.54, 1.807) is 23.3 Å². The van der Waals surface area contributed by atoms with Crippen LogP contribution < -0.4 is 0 Å². The smallest absolute Gasteiger partial charge is 0.321 e. The number of aromatic nitrogens is 2. The number of likely N-dealkylation sites (tertiary alicyclic amines) is 1. The van der Waals surface area contributed by atoms with Gasteiger partial charge in [-0.3, -0.25) is 4.57 Å². The van der Waals surface area contributed by atoms with Crippen molar-refractivity contribution in [3.8, 4) is 0 Å². The van der Waals surface area contributed by atoms with Gasteiger partial charge in [0.2, 0.25) is 0 Å². The Morgan fingerprint density at radius 1 is 1.18 bits per heavy atom. The van der Waals surface area contributed by atoms with E-state index in [9.17, 15) is 4.79 Å².